The molecule has 3 aromatic rings. The Morgan fingerprint density at radius 2 is 1.84 bits per heavy atom. The van der Waals surface area contributed by atoms with Crippen LogP contribution in [0, 0.1) is 16.7 Å². The molecule has 1 saturated heterocycles. The van der Waals surface area contributed by atoms with Gasteiger partial charge in [0.15, 0.2) is 0 Å². The van der Waals surface area contributed by atoms with E-state index in [1.807, 2.05) is 23.9 Å². The smallest absolute Gasteiger partial charge is 0.257 e. The zero-order valence-electron chi connectivity index (χ0n) is 29.0. The maximum Gasteiger partial charge on any atom is 0.257 e. The zero-order valence-corrected chi connectivity index (χ0v) is 29.0. The summed E-state index contributed by atoms with van der Waals surface area (Å²) in [6.07, 6.45) is 12.2. The van der Waals surface area contributed by atoms with Crippen molar-refractivity contribution in [3.8, 4) is 28.8 Å². The first-order valence-electron chi connectivity index (χ1n) is 16.9. The number of hydrogen-bond donors (Lipinski definition) is 4. The summed E-state index contributed by atoms with van der Waals surface area (Å²) in [4.78, 5) is 15.4. The van der Waals surface area contributed by atoms with Gasteiger partial charge >= 0.3 is 0 Å². The highest BCUT2D eigenvalue weighted by atomic mass is 16.5. The predicted molar refractivity (Wildman–Crippen MR) is 188 cm³/mol. The number of ether oxygens (including phenoxy) is 3. The molecule has 0 radical (unpaired) electrons. The molecular weight excluding hydrogens is 624 g/mol. The number of nitrogens with one attached hydrogen (secondary N) is 3. The molecular formula is C35H48N10O4. The number of morpholine rings is 1. The fourth-order valence-electron chi connectivity index (χ4n) is 6.32. The SMILES string of the molecule is C[C@@H]1CN([C@H]2CC[C@H](n3cc(Nc4ncc(-c5ccc(C#N)c(O[C@@H](C)CN/C=N\C=N)c5)cn4)c(OCC(C)(C)O)n3)CC2)C[C@H](C)O1. The fourth-order valence-corrected chi connectivity index (χ4v) is 6.32. The first kappa shape index (κ1) is 35.7. The third kappa shape index (κ3) is 9.97. The maximum absolute atomic E-state index is 10.3. The highest BCUT2D eigenvalue weighted by Gasteiger charge is 2.32. The lowest BCUT2D eigenvalue weighted by Crippen LogP contribution is -2.51. The molecule has 1 aliphatic carbocycles. The van der Waals surface area contributed by atoms with E-state index in [9.17, 15) is 10.4 Å². The van der Waals surface area contributed by atoms with Gasteiger partial charge in [0.05, 0.1) is 48.5 Å². The van der Waals surface area contributed by atoms with Crippen LogP contribution in [-0.4, -0.2) is 98.6 Å². The average Bonchev–Trinajstić information content (AvgIpc) is 3.48. The van der Waals surface area contributed by atoms with E-state index in [1.54, 1.807) is 38.4 Å². The van der Waals surface area contributed by atoms with E-state index >= 15 is 0 Å². The molecule has 2 aliphatic rings. The Kier molecular flexibility index (Phi) is 11.8. The molecule has 0 bridgehead atoms. The maximum atomic E-state index is 10.3. The molecule has 0 spiro atoms. The Morgan fingerprint density at radius 3 is 2.49 bits per heavy atom. The molecule has 14 heteroatoms. The lowest BCUT2D eigenvalue weighted by molar-refractivity contribution is -0.0852. The Hall–Kier alpha value is -4.58. The summed E-state index contributed by atoms with van der Waals surface area (Å²) in [5, 5.41) is 38.0. The number of hydrogen-bond acceptors (Lipinski definition) is 11. The average molecular weight is 673 g/mol. The fraction of sp³-hybridized carbons (Fsp3) is 0.543. The Labute approximate surface area is 288 Å². The van der Waals surface area contributed by atoms with Gasteiger partial charge in [-0.15, -0.1) is 5.10 Å². The second-order valence-electron chi connectivity index (χ2n) is 13.6. The van der Waals surface area contributed by atoms with Crippen molar-refractivity contribution in [1.82, 2.24) is 30.0 Å². The molecule has 49 heavy (non-hydrogen) atoms. The summed E-state index contributed by atoms with van der Waals surface area (Å²) < 4.78 is 20.0. The van der Waals surface area contributed by atoms with Crippen LogP contribution >= 0.6 is 0 Å². The van der Waals surface area contributed by atoms with Crippen LogP contribution in [0.2, 0.25) is 0 Å². The highest BCUT2D eigenvalue weighted by molar-refractivity contribution is 5.69. The Bertz CT molecular complexity index is 1600. The summed E-state index contributed by atoms with van der Waals surface area (Å²) in [5.41, 5.74) is 1.55. The molecule has 1 aliphatic heterocycles. The van der Waals surface area contributed by atoms with Crippen molar-refractivity contribution in [2.75, 3.05) is 31.6 Å². The van der Waals surface area contributed by atoms with Gasteiger partial charge in [-0.3, -0.25) is 15.0 Å². The van der Waals surface area contributed by atoms with Gasteiger partial charge in [0.1, 0.15) is 36.6 Å². The van der Waals surface area contributed by atoms with E-state index in [2.05, 4.69) is 50.4 Å². The van der Waals surface area contributed by atoms with Crippen molar-refractivity contribution < 1.29 is 19.3 Å². The summed E-state index contributed by atoms with van der Waals surface area (Å²) in [6, 6.07) is 8.30. The minimum atomic E-state index is -1.03. The van der Waals surface area contributed by atoms with Crippen LogP contribution in [0.4, 0.5) is 11.6 Å². The summed E-state index contributed by atoms with van der Waals surface area (Å²) in [5.74, 6) is 1.20. The lowest BCUT2D eigenvalue weighted by Gasteiger charge is -2.42. The molecule has 3 heterocycles. The van der Waals surface area contributed by atoms with E-state index in [-0.39, 0.29) is 31.0 Å². The highest BCUT2D eigenvalue weighted by Crippen LogP contribution is 2.36. The van der Waals surface area contributed by atoms with Gasteiger partial charge in [-0.1, -0.05) is 6.07 Å². The molecule has 0 amide bonds. The third-order valence-corrected chi connectivity index (χ3v) is 8.57. The predicted octanol–water partition coefficient (Wildman–Crippen LogP) is 4.69. The van der Waals surface area contributed by atoms with Crippen LogP contribution in [0.1, 0.15) is 71.9 Å². The summed E-state index contributed by atoms with van der Waals surface area (Å²) in [7, 11) is 0. The zero-order chi connectivity index (χ0) is 35.0. The normalized spacial score (nSPS) is 22.3. The van der Waals surface area contributed by atoms with Crippen LogP contribution in [-0.2, 0) is 4.74 Å². The monoisotopic (exact) mass is 672 g/mol. The van der Waals surface area contributed by atoms with Crippen LogP contribution in [0.25, 0.3) is 11.1 Å². The molecule has 14 nitrogen and oxygen atoms in total. The van der Waals surface area contributed by atoms with Crippen molar-refractivity contribution >= 4 is 24.3 Å². The van der Waals surface area contributed by atoms with Gasteiger partial charge in [-0.25, -0.2) is 15.0 Å². The molecule has 5 rings (SSSR count). The number of nitrogens with zero attached hydrogens (tertiary/aromatic N) is 7. The molecule has 1 saturated carbocycles. The standard InChI is InChI=1S/C35H48N10O4/c1-23(14-38-22-39-21-37)49-32-12-26(6-7-27(32)13-36)28-15-40-34(41-16-28)42-31-19-45(43-33(31)47-20-35(4,5)46)30-10-8-29(9-11-30)44-17-24(2)48-25(3)18-44/h6-7,12,15-16,19,21-25,29-30,46H,8-11,14,17-18,20H2,1-5H3,(H2,37,38,39)(H,40,41,42)/t23-,24-,25+,29-,30-/m0/s1. The summed E-state index contributed by atoms with van der Waals surface area (Å²) >= 11 is 0. The number of aliphatic hydroxyl groups is 1. The molecule has 3 atom stereocenters. The van der Waals surface area contributed by atoms with E-state index in [0.717, 1.165) is 56.2 Å². The van der Waals surface area contributed by atoms with Crippen molar-refractivity contribution in [1.29, 1.82) is 10.7 Å². The van der Waals surface area contributed by atoms with Gasteiger partial charge in [-0.2, -0.15) is 5.26 Å². The summed E-state index contributed by atoms with van der Waals surface area (Å²) in [6.45, 7) is 12.0. The van der Waals surface area contributed by atoms with Crippen LogP contribution < -0.4 is 20.1 Å². The minimum absolute atomic E-state index is 0.0772. The number of aromatic nitrogens is 4. The van der Waals surface area contributed by atoms with Crippen molar-refractivity contribution in [2.24, 2.45) is 4.99 Å². The second-order valence-corrected chi connectivity index (χ2v) is 13.6. The first-order valence-corrected chi connectivity index (χ1v) is 16.9. The largest absolute Gasteiger partial charge is 0.487 e. The first-order chi connectivity index (χ1) is 23.5. The van der Waals surface area contributed by atoms with E-state index in [1.165, 1.54) is 6.34 Å². The van der Waals surface area contributed by atoms with Gasteiger partial charge in [0.25, 0.3) is 5.88 Å². The molecule has 262 valence electrons. The van der Waals surface area contributed by atoms with Crippen molar-refractivity contribution in [3.63, 3.8) is 0 Å². The topological polar surface area (TPSA) is 179 Å². The van der Waals surface area contributed by atoms with Gasteiger partial charge in [0.2, 0.25) is 5.95 Å². The van der Waals surface area contributed by atoms with E-state index in [4.69, 9.17) is 24.7 Å². The molecule has 1 aromatic carbocycles. The van der Waals surface area contributed by atoms with Gasteiger partial charge < -0.3 is 30.0 Å². The van der Waals surface area contributed by atoms with E-state index in [0.29, 0.717) is 41.4 Å². The van der Waals surface area contributed by atoms with Crippen LogP contribution in [0.5, 0.6) is 11.6 Å². The number of nitriles is 1. The minimum Gasteiger partial charge on any atom is -0.487 e. The van der Waals surface area contributed by atoms with Crippen molar-refractivity contribution in [3.05, 3.63) is 42.4 Å². The number of aliphatic imine (C=N–C) groups is 1. The molecule has 2 aromatic heterocycles. The van der Waals surface area contributed by atoms with Gasteiger partial charge in [-0.05, 0) is 78.0 Å². The molecule has 2 fully saturated rings. The lowest BCUT2D eigenvalue weighted by atomic mass is 9.89. The second kappa shape index (κ2) is 16.2. The van der Waals surface area contributed by atoms with Gasteiger partial charge in [0, 0.05) is 37.1 Å². The number of rotatable bonds is 14. The number of benzene rings is 1. The Balaban J connectivity index is 1.27. The number of anilines is 2. The molecule has 0 unspecified atom stereocenters. The third-order valence-electron chi connectivity index (χ3n) is 8.57. The Morgan fingerprint density at radius 1 is 1.14 bits per heavy atom. The van der Waals surface area contributed by atoms with Crippen molar-refractivity contribution in [2.45, 2.75) is 96.3 Å². The quantitative estimate of drug-likeness (QED) is 0.138. The molecule has 4 N–H and O–H groups in total. The van der Waals surface area contributed by atoms with E-state index < -0.39 is 5.60 Å². The van der Waals surface area contributed by atoms with Crippen LogP contribution in [0.15, 0.2) is 41.8 Å². The van der Waals surface area contributed by atoms with Crippen LogP contribution in [0.3, 0.4) is 0 Å².